The van der Waals surface area contributed by atoms with Gasteiger partial charge in [0.2, 0.25) is 0 Å². The van der Waals surface area contributed by atoms with Crippen LogP contribution in [0.25, 0.3) is 11.2 Å². The maximum atomic E-state index is 6.41. The predicted octanol–water partition coefficient (Wildman–Crippen LogP) is 0.889. The quantitative estimate of drug-likeness (QED) is 0.755. The Labute approximate surface area is 146 Å². The van der Waals surface area contributed by atoms with Gasteiger partial charge in [-0.25, -0.2) is 15.0 Å². The van der Waals surface area contributed by atoms with Crippen molar-refractivity contribution in [2.45, 2.75) is 30.5 Å². The number of aromatic nitrogens is 4. The Kier molecular flexibility index (Phi) is 3.96. The minimum absolute atomic E-state index is 0.250. The third kappa shape index (κ3) is 2.17. The predicted molar refractivity (Wildman–Crippen MR) is 87.3 cm³/mol. The van der Waals surface area contributed by atoms with Gasteiger partial charge in [-0.05, 0) is 15.9 Å². The van der Waals surface area contributed by atoms with E-state index in [1.54, 1.807) is 14.2 Å². The van der Waals surface area contributed by atoms with Gasteiger partial charge in [0.05, 0.1) is 13.2 Å². The Morgan fingerprint density at radius 2 is 2.29 bits per heavy atom. The summed E-state index contributed by atoms with van der Waals surface area (Å²) in [6, 6.07) is 0. The number of hydrogen-bond donors (Lipinski definition) is 1. The highest BCUT2D eigenvalue weighted by Gasteiger charge is 2.60. The molecular formula is C14H18BrN5O4. The summed E-state index contributed by atoms with van der Waals surface area (Å²) in [4.78, 5) is 12.7. The van der Waals surface area contributed by atoms with E-state index in [-0.39, 0.29) is 12.2 Å². The molecular weight excluding hydrogens is 382 g/mol. The molecule has 2 fully saturated rings. The molecule has 9 nitrogen and oxygen atoms in total. The second-order valence-electron chi connectivity index (χ2n) is 5.93. The van der Waals surface area contributed by atoms with Crippen LogP contribution in [0.5, 0.6) is 0 Å². The average Bonchev–Trinajstić information content (AvgIpc) is 2.97. The second-order valence-corrected chi connectivity index (χ2v) is 6.64. The largest absolute Gasteiger partial charge is 0.382 e. The molecule has 10 heteroatoms. The van der Waals surface area contributed by atoms with Crippen LogP contribution in [-0.2, 0) is 18.9 Å². The van der Waals surface area contributed by atoms with Gasteiger partial charge in [0, 0.05) is 20.6 Å². The van der Waals surface area contributed by atoms with Crippen LogP contribution in [0.3, 0.4) is 0 Å². The van der Waals surface area contributed by atoms with E-state index in [2.05, 4.69) is 30.9 Å². The van der Waals surface area contributed by atoms with Crippen LogP contribution in [0.15, 0.2) is 11.1 Å². The van der Waals surface area contributed by atoms with Gasteiger partial charge in [-0.2, -0.15) is 0 Å². The standard InChI is InChI=1S/C14H18BrN5O4/c1-21-5-14-3-4-23-8(9(14)22-2)12(24-14)20-11-7(19-13(20)15)10(16)17-6-18-11/h6,8-9,12H,3-5H2,1-2H3,(H2,16,17,18)/t8-,9?,12+,14+/m0/s1. The Hall–Kier alpha value is -1.33. The van der Waals surface area contributed by atoms with E-state index in [9.17, 15) is 0 Å². The fourth-order valence-electron chi connectivity index (χ4n) is 3.67. The molecule has 2 bridgehead atoms. The Bertz CT molecular complexity index is 767. The van der Waals surface area contributed by atoms with Crippen LogP contribution in [0.2, 0.25) is 0 Å². The number of rotatable bonds is 4. The molecule has 4 rings (SSSR count). The van der Waals surface area contributed by atoms with E-state index in [4.69, 9.17) is 24.7 Å². The number of anilines is 1. The molecule has 0 amide bonds. The molecule has 1 unspecified atom stereocenters. The molecule has 130 valence electrons. The van der Waals surface area contributed by atoms with Gasteiger partial charge in [-0.15, -0.1) is 0 Å². The summed E-state index contributed by atoms with van der Waals surface area (Å²) in [6.07, 6.45) is 1.08. The molecule has 0 aromatic carbocycles. The Morgan fingerprint density at radius 3 is 3.04 bits per heavy atom. The monoisotopic (exact) mass is 399 g/mol. The van der Waals surface area contributed by atoms with Crippen molar-refractivity contribution in [3.63, 3.8) is 0 Å². The van der Waals surface area contributed by atoms with Gasteiger partial charge < -0.3 is 24.7 Å². The molecule has 2 saturated heterocycles. The van der Waals surface area contributed by atoms with Crippen LogP contribution in [0, 0.1) is 0 Å². The molecule has 0 radical (unpaired) electrons. The first-order valence-electron chi connectivity index (χ1n) is 7.56. The molecule has 4 atom stereocenters. The molecule has 2 aromatic heterocycles. The fourth-order valence-corrected chi connectivity index (χ4v) is 4.22. The van der Waals surface area contributed by atoms with E-state index in [1.165, 1.54) is 6.33 Å². The zero-order valence-corrected chi connectivity index (χ0v) is 14.9. The summed E-state index contributed by atoms with van der Waals surface area (Å²) in [7, 11) is 3.31. The van der Waals surface area contributed by atoms with E-state index < -0.39 is 11.8 Å². The highest BCUT2D eigenvalue weighted by molar-refractivity contribution is 9.10. The van der Waals surface area contributed by atoms with E-state index in [0.717, 1.165) is 0 Å². The summed E-state index contributed by atoms with van der Waals surface area (Å²) < 4.78 is 25.8. The van der Waals surface area contributed by atoms with Gasteiger partial charge >= 0.3 is 0 Å². The Balaban J connectivity index is 1.83. The van der Waals surface area contributed by atoms with Crippen molar-refractivity contribution in [3.05, 3.63) is 11.1 Å². The normalized spacial score (nSPS) is 32.5. The minimum atomic E-state index is -0.564. The van der Waals surface area contributed by atoms with Gasteiger partial charge in [-0.3, -0.25) is 4.57 Å². The summed E-state index contributed by atoms with van der Waals surface area (Å²) >= 11 is 3.47. The number of fused-ring (bicyclic) bond motifs is 3. The van der Waals surface area contributed by atoms with Gasteiger partial charge in [0.15, 0.2) is 27.9 Å². The van der Waals surface area contributed by atoms with Crippen LogP contribution in [0.1, 0.15) is 12.6 Å². The number of nitrogens with two attached hydrogens (primary N) is 1. The smallest absolute Gasteiger partial charge is 0.181 e. The zero-order valence-electron chi connectivity index (χ0n) is 13.3. The highest BCUT2D eigenvalue weighted by Crippen LogP contribution is 2.47. The number of nitrogens with zero attached hydrogens (tertiary/aromatic N) is 4. The topological polar surface area (TPSA) is 107 Å². The van der Waals surface area contributed by atoms with Crippen LogP contribution in [-0.4, -0.2) is 64.8 Å². The third-order valence-corrected chi connectivity index (χ3v) is 5.21. The lowest BCUT2D eigenvalue weighted by Crippen LogP contribution is -2.52. The van der Waals surface area contributed by atoms with Crippen molar-refractivity contribution in [1.29, 1.82) is 0 Å². The number of hydrogen-bond acceptors (Lipinski definition) is 8. The lowest BCUT2D eigenvalue weighted by atomic mass is 9.90. The molecule has 4 heterocycles. The zero-order chi connectivity index (χ0) is 16.9. The first-order chi connectivity index (χ1) is 11.6. The van der Waals surface area contributed by atoms with Crippen molar-refractivity contribution in [3.8, 4) is 0 Å². The summed E-state index contributed by atoms with van der Waals surface area (Å²) in [6.45, 7) is 0.995. The van der Waals surface area contributed by atoms with Gasteiger partial charge in [-0.1, -0.05) is 0 Å². The summed E-state index contributed by atoms with van der Waals surface area (Å²) in [5.41, 5.74) is 6.44. The second kappa shape index (κ2) is 5.88. The molecule has 0 spiro atoms. The molecule has 2 aliphatic rings. The van der Waals surface area contributed by atoms with Crippen LogP contribution in [0.4, 0.5) is 5.82 Å². The molecule has 0 aliphatic carbocycles. The number of methoxy groups -OCH3 is 2. The molecule has 2 aromatic rings. The van der Waals surface area contributed by atoms with E-state index >= 15 is 0 Å². The van der Waals surface area contributed by atoms with E-state index in [1.807, 2.05) is 4.57 Å². The third-order valence-electron chi connectivity index (χ3n) is 4.65. The van der Waals surface area contributed by atoms with Crippen molar-refractivity contribution in [1.82, 2.24) is 19.5 Å². The Morgan fingerprint density at radius 1 is 1.46 bits per heavy atom. The number of imidazole rings is 1. The minimum Gasteiger partial charge on any atom is -0.382 e. The number of nitrogen functional groups attached to an aromatic ring is 1. The average molecular weight is 400 g/mol. The van der Waals surface area contributed by atoms with Gasteiger partial charge in [0.25, 0.3) is 0 Å². The first-order valence-corrected chi connectivity index (χ1v) is 8.35. The molecule has 0 saturated carbocycles. The maximum Gasteiger partial charge on any atom is 0.181 e. The molecule has 24 heavy (non-hydrogen) atoms. The first kappa shape index (κ1) is 16.2. The van der Waals surface area contributed by atoms with Crippen LogP contribution < -0.4 is 5.73 Å². The molecule has 2 aliphatic heterocycles. The fraction of sp³-hybridized carbons (Fsp3) is 0.643. The maximum absolute atomic E-state index is 6.41. The van der Waals surface area contributed by atoms with Crippen molar-refractivity contribution < 1.29 is 18.9 Å². The number of ether oxygens (including phenoxy) is 4. The van der Waals surface area contributed by atoms with E-state index in [0.29, 0.717) is 41.3 Å². The lowest BCUT2D eigenvalue weighted by molar-refractivity contribution is -0.159. The SMILES string of the molecule is COC[C@]12CCO[C@@H](C1OC)[C@H](n1c(Br)nc3c(N)ncnc31)O2. The van der Waals surface area contributed by atoms with Crippen molar-refractivity contribution >= 4 is 32.9 Å². The lowest BCUT2D eigenvalue weighted by Gasteiger charge is -2.37. The van der Waals surface area contributed by atoms with Crippen LogP contribution >= 0.6 is 15.9 Å². The summed E-state index contributed by atoms with van der Waals surface area (Å²) in [5.74, 6) is 0.316. The number of halogens is 1. The van der Waals surface area contributed by atoms with Gasteiger partial charge in [0.1, 0.15) is 24.1 Å². The molecule has 2 N–H and O–H groups in total. The summed E-state index contributed by atoms with van der Waals surface area (Å²) in [5, 5.41) is 0. The van der Waals surface area contributed by atoms with Crippen molar-refractivity contribution in [2.24, 2.45) is 0 Å². The van der Waals surface area contributed by atoms with Crippen molar-refractivity contribution in [2.75, 3.05) is 33.2 Å². The highest BCUT2D eigenvalue weighted by atomic mass is 79.9.